The molecule has 0 aromatic heterocycles. The normalized spacial score (nSPS) is 26.8. The number of hydrogen-bond donors (Lipinski definition) is 0. The van der Waals surface area contributed by atoms with Gasteiger partial charge in [-0.2, -0.15) is 0 Å². The largest absolute Gasteiger partial charge is 0.341 e. The molecular formula is C20H26N2O2. The Morgan fingerprint density at radius 2 is 1.75 bits per heavy atom. The van der Waals surface area contributed by atoms with Crippen molar-refractivity contribution in [3.63, 3.8) is 0 Å². The lowest BCUT2D eigenvalue weighted by Gasteiger charge is -2.28. The summed E-state index contributed by atoms with van der Waals surface area (Å²) in [5, 5.41) is 0. The highest BCUT2D eigenvalue weighted by molar-refractivity contribution is 5.90. The van der Waals surface area contributed by atoms with Crippen LogP contribution < -0.4 is 0 Å². The highest BCUT2D eigenvalue weighted by atomic mass is 16.2. The SMILES string of the molecule is O=C([C@@H]1CCCN1C(=O)C1CC1)N1CC[C@H](Cc2ccccc2)C1. The third-order valence-electron chi connectivity index (χ3n) is 5.71. The van der Waals surface area contributed by atoms with Crippen molar-refractivity contribution >= 4 is 11.8 Å². The van der Waals surface area contributed by atoms with Crippen LogP contribution in [0.15, 0.2) is 30.3 Å². The maximum Gasteiger partial charge on any atom is 0.245 e. The van der Waals surface area contributed by atoms with Crippen LogP contribution in [-0.4, -0.2) is 47.3 Å². The van der Waals surface area contributed by atoms with E-state index < -0.39 is 0 Å². The fourth-order valence-corrected chi connectivity index (χ4v) is 4.21. The van der Waals surface area contributed by atoms with Gasteiger partial charge in [-0.1, -0.05) is 30.3 Å². The van der Waals surface area contributed by atoms with Crippen LogP contribution in [0.3, 0.4) is 0 Å². The molecule has 2 heterocycles. The molecule has 1 aliphatic carbocycles. The molecular weight excluding hydrogens is 300 g/mol. The summed E-state index contributed by atoms with van der Waals surface area (Å²) in [7, 11) is 0. The van der Waals surface area contributed by atoms with Crippen LogP contribution in [0.2, 0.25) is 0 Å². The van der Waals surface area contributed by atoms with Gasteiger partial charge >= 0.3 is 0 Å². The van der Waals surface area contributed by atoms with E-state index in [9.17, 15) is 9.59 Å². The fourth-order valence-electron chi connectivity index (χ4n) is 4.21. The molecule has 128 valence electrons. The first kappa shape index (κ1) is 15.7. The Hall–Kier alpha value is -1.84. The van der Waals surface area contributed by atoms with E-state index in [0.717, 1.165) is 58.2 Å². The maximum absolute atomic E-state index is 12.9. The van der Waals surface area contributed by atoms with Crippen LogP contribution in [0.25, 0.3) is 0 Å². The molecule has 4 nitrogen and oxygen atoms in total. The van der Waals surface area contributed by atoms with E-state index in [2.05, 4.69) is 24.3 Å². The fraction of sp³-hybridized carbons (Fsp3) is 0.600. The molecule has 0 unspecified atom stereocenters. The number of carbonyl (C=O) groups is 2. The van der Waals surface area contributed by atoms with E-state index in [1.807, 2.05) is 15.9 Å². The minimum absolute atomic E-state index is 0.187. The van der Waals surface area contributed by atoms with Crippen LogP contribution in [-0.2, 0) is 16.0 Å². The summed E-state index contributed by atoms with van der Waals surface area (Å²) in [5.41, 5.74) is 1.35. The molecule has 24 heavy (non-hydrogen) atoms. The van der Waals surface area contributed by atoms with Crippen molar-refractivity contribution < 1.29 is 9.59 Å². The molecule has 4 rings (SSSR count). The zero-order valence-corrected chi connectivity index (χ0v) is 14.2. The summed E-state index contributed by atoms with van der Waals surface area (Å²) in [4.78, 5) is 29.2. The summed E-state index contributed by atoms with van der Waals surface area (Å²) in [6, 6.07) is 10.3. The molecule has 3 fully saturated rings. The number of likely N-dealkylation sites (tertiary alicyclic amines) is 2. The zero-order chi connectivity index (χ0) is 16.5. The van der Waals surface area contributed by atoms with Gasteiger partial charge in [0.2, 0.25) is 11.8 Å². The van der Waals surface area contributed by atoms with Crippen LogP contribution in [0.5, 0.6) is 0 Å². The predicted molar refractivity (Wildman–Crippen MR) is 92.3 cm³/mol. The first-order chi connectivity index (χ1) is 11.7. The van der Waals surface area contributed by atoms with Crippen LogP contribution >= 0.6 is 0 Å². The van der Waals surface area contributed by atoms with Gasteiger partial charge in [0.25, 0.3) is 0 Å². The Bertz CT molecular complexity index is 611. The van der Waals surface area contributed by atoms with E-state index >= 15 is 0 Å². The van der Waals surface area contributed by atoms with Crippen molar-refractivity contribution in [1.82, 2.24) is 9.80 Å². The molecule has 1 saturated carbocycles. The van der Waals surface area contributed by atoms with Crippen LogP contribution in [0.4, 0.5) is 0 Å². The highest BCUT2D eigenvalue weighted by Crippen LogP contribution is 2.34. The van der Waals surface area contributed by atoms with Gasteiger partial charge in [-0.15, -0.1) is 0 Å². The Labute approximate surface area is 143 Å². The minimum Gasteiger partial charge on any atom is -0.341 e. The van der Waals surface area contributed by atoms with Crippen molar-refractivity contribution in [3.8, 4) is 0 Å². The number of amides is 2. The Morgan fingerprint density at radius 1 is 0.958 bits per heavy atom. The molecule has 2 aliphatic heterocycles. The smallest absolute Gasteiger partial charge is 0.245 e. The van der Waals surface area contributed by atoms with Gasteiger partial charge in [-0.05, 0) is 50.0 Å². The van der Waals surface area contributed by atoms with E-state index in [0.29, 0.717) is 5.92 Å². The molecule has 0 spiro atoms. The second-order valence-corrected chi connectivity index (χ2v) is 7.59. The van der Waals surface area contributed by atoms with Gasteiger partial charge in [0.05, 0.1) is 0 Å². The quantitative estimate of drug-likeness (QED) is 0.853. The lowest BCUT2D eigenvalue weighted by atomic mass is 9.99. The molecule has 1 aromatic rings. The third kappa shape index (κ3) is 3.19. The zero-order valence-electron chi connectivity index (χ0n) is 14.2. The summed E-state index contributed by atoms with van der Waals surface area (Å²) in [5.74, 6) is 1.18. The molecule has 0 bridgehead atoms. The second-order valence-electron chi connectivity index (χ2n) is 7.59. The average Bonchev–Trinajstić information content (AvgIpc) is 3.16. The van der Waals surface area contributed by atoms with Gasteiger partial charge in [0.1, 0.15) is 6.04 Å². The Kier molecular flexibility index (Phi) is 4.30. The summed E-state index contributed by atoms with van der Waals surface area (Å²) in [6.45, 7) is 2.46. The summed E-state index contributed by atoms with van der Waals surface area (Å²) in [6.07, 6.45) is 5.95. The van der Waals surface area contributed by atoms with E-state index in [4.69, 9.17) is 0 Å². The van der Waals surface area contributed by atoms with Gasteiger partial charge < -0.3 is 9.80 Å². The monoisotopic (exact) mass is 326 g/mol. The van der Waals surface area contributed by atoms with Gasteiger partial charge in [0, 0.05) is 25.6 Å². The van der Waals surface area contributed by atoms with Crippen LogP contribution in [0.1, 0.15) is 37.7 Å². The standard InChI is InChI=1S/C20H26N2O2/c23-19(17-8-9-17)22-11-4-7-18(22)20(24)21-12-10-16(14-21)13-15-5-2-1-3-6-15/h1-3,5-6,16-18H,4,7-14H2/t16-,18+/m1/s1. The van der Waals surface area contributed by atoms with Crippen molar-refractivity contribution in [2.75, 3.05) is 19.6 Å². The molecule has 1 aromatic carbocycles. The molecule has 2 atom stereocenters. The van der Waals surface area contributed by atoms with Gasteiger partial charge in [0.15, 0.2) is 0 Å². The molecule has 2 amide bonds. The van der Waals surface area contributed by atoms with Crippen molar-refractivity contribution in [3.05, 3.63) is 35.9 Å². The molecule has 2 saturated heterocycles. The lowest BCUT2D eigenvalue weighted by Crippen LogP contribution is -2.47. The first-order valence-electron chi connectivity index (χ1n) is 9.35. The van der Waals surface area contributed by atoms with Crippen molar-refractivity contribution in [2.45, 2.75) is 44.6 Å². The second kappa shape index (κ2) is 6.58. The lowest BCUT2D eigenvalue weighted by molar-refractivity contribution is -0.143. The molecule has 0 N–H and O–H groups in total. The summed E-state index contributed by atoms with van der Waals surface area (Å²) < 4.78 is 0. The predicted octanol–water partition coefficient (Wildman–Crippen LogP) is 2.48. The van der Waals surface area contributed by atoms with Crippen molar-refractivity contribution in [1.29, 1.82) is 0 Å². The third-order valence-corrected chi connectivity index (χ3v) is 5.71. The first-order valence-corrected chi connectivity index (χ1v) is 9.35. The van der Waals surface area contributed by atoms with E-state index in [-0.39, 0.29) is 23.8 Å². The molecule has 4 heteroatoms. The Balaban J connectivity index is 1.35. The van der Waals surface area contributed by atoms with Crippen molar-refractivity contribution in [2.24, 2.45) is 11.8 Å². The highest BCUT2D eigenvalue weighted by Gasteiger charge is 2.42. The number of carbonyl (C=O) groups excluding carboxylic acids is 2. The number of hydrogen-bond acceptors (Lipinski definition) is 2. The van der Waals surface area contributed by atoms with Gasteiger partial charge in [-0.25, -0.2) is 0 Å². The number of nitrogens with zero attached hydrogens (tertiary/aromatic N) is 2. The molecule has 3 aliphatic rings. The average molecular weight is 326 g/mol. The Morgan fingerprint density at radius 3 is 2.50 bits per heavy atom. The van der Waals surface area contributed by atoms with E-state index in [1.54, 1.807) is 0 Å². The number of benzene rings is 1. The summed E-state index contributed by atoms with van der Waals surface area (Å²) >= 11 is 0. The van der Waals surface area contributed by atoms with E-state index in [1.165, 1.54) is 5.56 Å². The minimum atomic E-state index is -0.187. The molecule has 0 radical (unpaired) electrons. The number of rotatable bonds is 4. The topological polar surface area (TPSA) is 40.6 Å². The van der Waals surface area contributed by atoms with Gasteiger partial charge in [-0.3, -0.25) is 9.59 Å². The van der Waals surface area contributed by atoms with Crippen LogP contribution in [0, 0.1) is 11.8 Å². The maximum atomic E-state index is 12.9.